The van der Waals surface area contributed by atoms with Crippen LogP contribution in [0.5, 0.6) is 5.75 Å². The fourth-order valence-corrected chi connectivity index (χ4v) is 3.11. The average Bonchev–Trinajstić information content (AvgIpc) is 2.70. The van der Waals surface area contributed by atoms with Gasteiger partial charge in [-0.3, -0.25) is 4.79 Å². The number of nitrogens with zero attached hydrogens (tertiary/aromatic N) is 1. The molecule has 0 fully saturated rings. The molecule has 2 rings (SSSR count). The van der Waals surface area contributed by atoms with Crippen molar-refractivity contribution in [1.29, 1.82) is 0 Å². The molecule has 0 aliphatic heterocycles. The van der Waals surface area contributed by atoms with E-state index in [1.165, 1.54) is 6.92 Å². The predicted octanol–water partition coefficient (Wildman–Crippen LogP) is 4.63. The summed E-state index contributed by atoms with van der Waals surface area (Å²) in [6.45, 7) is 4.63. The Balaban J connectivity index is 2.79. The van der Waals surface area contributed by atoms with Gasteiger partial charge in [-0.15, -0.1) is 0 Å². The van der Waals surface area contributed by atoms with Gasteiger partial charge in [0.05, 0.1) is 25.2 Å². The van der Waals surface area contributed by atoms with Crippen LogP contribution in [0, 0.1) is 11.6 Å². The van der Waals surface area contributed by atoms with E-state index in [9.17, 15) is 35.2 Å². The number of aromatic nitrogens is 1. The molecule has 0 N–H and O–H groups in total. The van der Waals surface area contributed by atoms with E-state index >= 15 is 0 Å². The van der Waals surface area contributed by atoms with E-state index in [0.29, 0.717) is 6.07 Å². The van der Waals surface area contributed by atoms with Gasteiger partial charge in [-0.1, -0.05) is 18.2 Å². The number of hydrogen-bond donors (Lipinski definition) is 0. The van der Waals surface area contributed by atoms with Crippen molar-refractivity contribution in [2.24, 2.45) is 0 Å². The number of esters is 1. The minimum absolute atomic E-state index is 0.0291. The Morgan fingerprint density at radius 1 is 1.18 bits per heavy atom. The van der Waals surface area contributed by atoms with E-state index in [1.807, 2.05) is 0 Å². The summed E-state index contributed by atoms with van der Waals surface area (Å²) in [4.78, 5) is 15.7. The number of benzene rings is 1. The predicted molar refractivity (Wildman–Crippen MR) is 107 cm³/mol. The van der Waals surface area contributed by atoms with E-state index < -0.39 is 67.4 Å². The molecule has 7 nitrogen and oxygen atoms in total. The minimum Gasteiger partial charge on any atom is -0.491 e. The maximum Gasteiger partial charge on any atom is 0.534 e. The van der Waals surface area contributed by atoms with E-state index in [4.69, 9.17) is 16.3 Å². The van der Waals surface area contributed by atoms with E-state index in [0.717, 1.165) is 19.2 Å². The van der Waals surface area contributed by atoms with Crippen LogP contribution in [-0.2, 0) is 30.3 Å². The quantitative estimate of drug-likeness (QED) is 0.126. The molecule has 0 aliphatic carbocycles. The summed E-state index contributed by atoms with van der Waals surface area (Å²) in [5.74, 6) is -4.41. The summed E-state index contributed by atoms with van der Waals surface area (Å²) in [6, 6.07) is 2.22. The van der Waals surface area contributed by atoms with E-state index in [2.05, 4.69) is 20.5 Å². The number of alkyl halides is 3. The molecule has 180 valence electrons. The highest BCUT2D eigenvalue weighted by Crippen LogP contribution is 2.38. The third-order valence-electron chi connectivity index (χ3n) is 3.95. The second kappa shape index (κ2) is 9.91. The second-order valence-electron chi connectivity index (χ2n) is 6.18. The molecule has 2 aromatic rings. The van der Waals surface area contributed by atoms with E-state index in [1.54, 1.807) is 0 Å². The van der Waals surface area contributed by atoms with E-state index in [-0.39, 0.29) is 17.9 Å². The number of rotatable bonds is 8. The number of pyridine rings is 1. The van der Waals surface area contributed by atoms with Crippen molar-refractivity contribution in [1.82, 2.24) is 4.98 Å². The van der Waals surface area contributed by atoms with Gasteiger partial charge in [0, 0.05) is 17.2 Å². The van der Waals surface area contributed by atoms with Crippen molar-refractivity contribution < 1.29 is 48.8 Å². The highest BCUT2D eigenvalue weighted by Gasteiger charge is 2.49. The topological polar surface area (TPSA) is 91.8 Å². The Morgan fingerprint density at radius 3 is 2.36 bits per heavy atom. The molecule has 0 saturated heterocycles. The molecule has 0 aliphatic rings. The first-order valence-electron chi connectivity index (χ1n) is 8.80. The average molecular weight is 516 g/mol. The van der Waals surface area contributed by atoms with Gasteiger partial charge >= 0.3 is 21.6 Å². The maximum absolute atomic E-state index is 14.6. The standard InChI is InChI=1S/C19H15ClF5NO6S/c1-4-31-18-10(6-16(27)30-3)5-15(9(2)32-33(28,29)19(23,24)25)26-17(18)11-7-12(20)14(22)8-13(11)21/h5,7-8H,2,4,6H2,1,3H3. The molecule has 0 radical (unpaired) electrons. The first-order chi connectivity index (χ1) is 15.2. The van der Waals surface area contributed by atoms with Crippen LogP contribution in [0.2, 0.25) is 5.02 Å². The lowest BCUT2D eigenvalue weighted by molar-refractivity contribution is -0.139. The maximum atomic E-state index is 14.6. The summed E-state index contributed by atoms with van der Waals surface area (Å²) in [7, 11) is -5.05. The van der Waals surface area contributed by atoms with Crippen molar-refractivity contribution in [3.8, 4) is 17.0 Å². The first-order valence-corrected chi connectivity index (χ1v) is 10.6. The summed E-state index contributed by atoms with van der Waals surface area (Å²) < 4.78 is 103. The summed E-state index contributed by atoms with van der Waals surface area (Å²) in [6.07, 6.45) is -0.537. The second-order valence-corrected chi connectivity index (χ2v) is 8.13. The number of carbonyl (C=O) groups is 1. The molecule has 0 saturated carbocycles. The van der Waals surface area contributed by atoms with Gasteiger partial charge in [0.15, 0.2) is 5.76 Å². The minimum atomic E-state index is -6.11. The Labute approximate surface area is 189 Å². The van der Waals surface area contributed by atoms with Gasteiger partial charge in [-0.25, -0.2) is 13.8 Å². The molecule has 0 unspecified atom stereocenters. The molecule has 1 heterocycles. The van der Waals surface area contributed by atoms with Gasteiger partial charge in [-0.05, 0) is 19.1 Å². The lowest BCUT2D eigenvalue weighted by Crippen LogP contribution is -2.25. The zero-order valence-corrected chi connectivity index (χ0v) is 18.5. The van der Waals surface area contributed by atoms with Crippen molar-refractivity contribution in [2.45, 2.75) is 18.9 Å². The third kappa shape index (κ3) is 5.90. The molecular formula is C19H15ClF5NO6S. The Morgan fingerprint density at radius 2 is 1.82 bits per heavy atom. The number of ether oxygens (including phenoxy) is 2. The van der Waals surface area contributed by atoms with Crippen LogP contribution in [0.25, 0.3) is 17.0 Å². The fourth-order valence-electron chi connectivity index (χ4n) is 2.50. The largest absolute Gasteiger partial charge is 0.534 e. The fraction of sp³-hybridized carbons (Fsp3) is 0.263. The van der Waals surface area contributed by atoms with Crippen LogP contribution in [0.15, 0.2) is 24.8 Å². The van der Waals surface area contributed by atoms with Crippen molar-refractivity contribution in [3.05, 3.63) is 52.7 Å². The first kappa shape index (κ1) is 26.3. The smallest absolute Gasteiger partial charge is 0.491 e. The molecule has 0 bridgehead atoms. The molecule has 1 aromatic carbocycles. The molecule has 0 atom stereocenters. The Hall–Kier alpha value is -2.93. The number of halogens is 6. The van der Waals surface area contributed by atoms with Crippen LogP contribution < -0.4 is 4.74 Å². The van der Waals surface area contributed by atoms with Gasteiger partial charge in [0.1, 0.15) is 28.8 Å². The lowest BCUT2D eigenvalue weighted by atomic mass is 10.0. The van der Waals surface area contributed by atoms with Crippen LogP contribution in [0.1, 0.15) is 18.2 Å². The SMILES string of the molecule is C=C(OS(=O)(=O)C(F)(F)F)c1cc(CC(=O)OC)c(OCC)c(-c2cc(Cl)c(F)cc2F)n1. The van der Waals surface area contributed by atoms with Crippen molar-refractivity contribution >= 4 is 33.4 Å². The van der Waals surface area contributed by atoms with Gasteiger partial charge in [-0.2, -0.15) is 21.6 Å². The van der Waals surface area contributed by atoms with Crippen molar-refractivity contribution in [3.63, 3.8) is 0 Å². The Kier molecular flexibility index (Phi) is 7.91. The Bertz CT molecular complexity index is 1200. The molecule has 14 heteroatoms. The van der Waals surface area contributed by atoms with Crippen LogP contribution in [0.4, 0.5) is 22.0 Å². The van der Waals surface area contributed by atoms with Gasteiger partial charge in [0.2, 0.25) is 0 Å². The van der Waals surface area contributed by atoms with Gasteiger partial charge in [0.25, 0.3) is 0 Å². The summed E-state index contributed by atoms with van der Waals surface area (Å²) >= 11 is 5.72. The summed E-state index contributed by atoms with van der Waals surface area (Å²) in [5, 5.41) is -0.523. The highest BCUT2D eigenvalue weighted by atomic mass is 35.5. The normalized spacial score (nSPS) is 11.8. The summed E-state index contributed by atoms with van der Waals surface area (Å²) in [5.41, 5.74) is -7.35. The molecule has 0 spiro atoms. The third-order valence-corrected chi connectivity index (χ3v) is 5.22. The molecule has 1 aromatic heterocycles. The van der Waals surface area contributed by atoms with Gasteiger partial charge < -0.3 is 13.7 Å². The monoisotopic (exact) mass is 515 g/mol. The number of methoxy groups -OCH3 is 1. The lowest BCUT2D eigenvalue weighted by Gasteiger charge is -2.18. The molecule has 0 amide bonds. The molecular weight excluding hydrogens is 501 g/mol. The van der Waals surface area contributed by atoms with Crippen molar-refractivity contribution in [2.75, 3.05) is 13.7 Å². The van der Waals surface area contributed by atoms with Crippen LogP contribution >= 0.6 is 11.6 Å². The zero-order chi connectivity index (χ0) is 25.1. The molecule has 33 heavy (non-hydrogen) atoms. The zero-order valence-electron chi connectivity index (χ0n) is 16.9. The number of hydrogen-bond acceptors (Lipinski definition) is 7. The van der Waals surface area contributed by atoms with Crippen LogP contribution in [-0.4, -0.2) is 38.6 Å². The van der Waals surface area contributed by atoms with Crippen LogP contribution in [0.3, 0.4) is 0 Å². The number of carbonyl (C=O) groups excluding carboxylic acids is 1. The highest BCUT2D eigenvalue weighted by molar-refractivity contribution is 7.87.